The molecule has 0 bridgehead atoms. The summed E-state index contributed by atoms with van der Waals surface area (Å²) in [6.45, 7) is 3.35. The molecule has 2 aliphatic rings. The number of hydrogen-bond donors (Lipinski definition) is 0. The topological polar surface area (TPSA) is 51.5 Å². The number of alkyl halides is 2. The third-order valence-corrected chi connectivity index (χ3v) is 8.64. The van der Waals surface area contributed by atoms with E-state index in [-0.39, 0.29) is 35.9 Å². The average molecular weight is 596 g/mol. The summed E-state index contributed by atoms with van der Waals surface area (Å²) < 4.78 is 77.0. The van der Waals surface area contributed by atoms with E-state index < -0.39 is 24.1 Å². The third kappa shape index (κ3) is 7.57. The molecule has 4 nitrogen and oxygen atoms in total. The summed E-state index contributed by atoms with van der Waals surface area (Å²) >= 11 is 0. The van der Waals surface area contributed by atoms with Crippen molar-refractivity contribution < 1.29 is 31.8 Å². The standard InChI is InChI=1S/C35H37F4NO3/c1-2-3-4-5-24-21-41-34(42-22-24)27-12-16-30(32(36)18-27)26-10-13-28(14-11-26)35(38,39)43-29-15-17-31(33(37)19-29)25-8-6-23(20-40)7-9-25/h6-9,12,15-19,24,26,28,34H,2-5,10-11,13-14,21-22H2,1H3. The van der Waals surface area contributed by atoms with Gasteiger partial charge in [0, 0.05) is 23.1 Å². The third-order valence-electron chi connectivity index (χ3n) is 8.64. The van der Waals surface area contributed by atoms with Crippen molar-refractivity contribution >= 4 is 0 Å². The van der Waals surface area contributed by atoms with Gasteiger partial charge in [0.05, 0.1) is 30.8 Å². The molecule has 8 heteroatoms. The Hall–Kier alpha value is -3.41. The van der Waals surface area contributed by atoms with E-state index in [4.69, 9.17) is 19.5 Å². The SMILES string of the molecule is CCCCCC1COC(c2ccc(C3CCC(C(F)(F)Oc4ccc(-c5ccc(C#N)cc5)c(F)c4)CC3)c(F)c2)OC1. The van der Waals surface area contributed by atoms with Crippen molar-refractivity contribution in [2.45, 2.75) is 76.6 Å². The van der Waals surface area contributed by atoms with Gasteiger partial charge < -0.3 is 14.2 Å². The van der Waals surface area contributed by atoms with Crippen LogP contribution >= 0.6 is 0 Å². The van der Waals surface area contributed by atoms with Gasteiger partial charge in [0.2, 0.25) is 0 Å². The van der Waals surface area contributed by atoms with Crippen LogP contribution in [-0.4, -0.2) is 19.3 Å². The van der Waals surface area contributed by atoms with E-state index in [1.54, 1.807) is 36.4 Å². The van der Waals surface area contributed by atoms with E-state index in [1.165, 1.54) is 31.0 Å². The molecule has 0 atom stereocenters. The van der Waals surface area contributed by atoms with Crippen molar-refractivity contribution in [3.63, 3.8) is 0 Å². The Kier molecular flexibility index (Phi) is 10.0. The molecule has 2 fully saturated rings. The van der Waals surface area contributed by atoms with Gasteiger partial charge in [0.15, 0.2) is 6.29 Å². The summed E-state index contributed by atoms with van der Waals surface area (Å²) in [6.07, 6.45) is 1.55. The molecule has 3 aromatic rings. The molecule has 0 amide bonds. The lowest BCUT2D eigenvalue weighted by molar-refractivity contribution is -0.222. The summed E-state index contributed by atoms with van der Waals surface area (Å²) in [5, 5.41) is 8.94. The van der Waals surface area contributed by atoms with E-state index in [9.17, 15) is 4.39 Å². The second-order valence-corrected chi connectivity index (χ2v) is 11.7. The highest BCUT2D eigenvalue weighted by Gasteiger charge is 2.44. The molecule has 0 unspecified atom stereocenters. The van der Waals surface area contributed by atoms with Gasteiger partial charge in [0.1, 0.15) is 17.4 Å². The van der Waals surface area contributed by atoms with Crippen molar-refractivity contribution in [3.8, 4) is 22.9 Å². The van der Waals surface area contributed by atoms with Gasteiger partial charge in [-0.15, -0.1) is 0 Å². The molecule has 3 aromatic carbocycles. The number of nitriles is 1. The lowest BCUT2D eigenvalue weighted by atomic mass is 9.78. The monoisotopic (exact) mass is 595 g/mol. The molecule has 0 N–H and O–H groups in total. The van der Waals surface area contributed by atoms with Gasteiger partial charge in [0.25, 0.3) is 0 Å². The predicted octanol–water partition coefficient (Wildman–Crippen LogP) is 9.69. The number of benzene rings is 3. The predicted molar refractivity (Wildman–Crippen MR) is 156 cm³/mol. The first-order valence-corrected chi connectivity index (χ1v) is 15.2. The zero-order valence-electron chi connectivity index (χ0n) is 24.3. The van der Waals surface area contributed by atoms with Crippen LogP contribution in [0.5, 0.6) is 5.75 Å². The summed E-state index contributed by atoms with van der Waals surface area (Å²) in [7, 11) is 0. The average Bonchev–Trinajstić information content (AvgIpc) is 3.01. The van der Waals surface area contributed by atoms with Crippen LogP contribution in [0.4, 0.5) is 17.6 Å². The smallest absolute Gasteiger partial charge is 0.400 e. The van der Waals surface area contributed by atoms with E-state index in [0.717, 1.165) is 18.9 Å². The van der Waals surface area contributed by atoms with Crippen molar-refractivity contribution in [2.24, 2.45) is 11.8 Å². The number of ether oxygens (including phenoxy) is 3. The Morgan fingerprint density at radius 1 is 0.884 bits per heavy atom. The van der Waals surface area contributed by atoms with Crippen molar-refractivity contribution in [1.82, 2.24) is 0 Å². The van der Waals surface area contributed by atoms with Crippen LogP contribution in [0.2, 0.25) is 0 Å². The number of hydrogen-bond acceptors (Lipinski definition) is 4. The van der Waals surface area contributed by atoms with E-state index in [2.05, 4.69) is 6.92 Å². The zero-order valence-corrected chi connectivity index (χ0v) is 24.3. The maximum absolute atomic E-state index is 15.2. The van der Waals surface area contributed by atoms with Gasteiger partial charge >= 0.3 is 6.11 Å². The van der Waals surface area contributed by atoms with E-state index in [0.29, 0.717) is 54.2 Å². The van der Waals surface area contributed by atoms with Crippen molar-refractivity contribution in [1.29, 1.82) is 5.26 Å². The minimum absolute atomic E-state index is 0.152. The van der Waals surface area contributed by atoms with Crippen LogP contribution in [0, 0.1) is 34.8 Å². The molecular weight excluding hydrogens is 558 g/mol. The quantitative estimate of drug-likeness (QED) is 0.173. The first-order chi connectivity index (χ1) is 20.8. The van der Waals surface area contributed by atoms with Crippen LogP contribution < -0.4 is 4.74 Å². The number of nitrogens with zero attached hydrogens (tertiary/aromatic N) is 1. The second-order valence-electron chi connectivity index (χ2n) is 11.7. The van der Waals surface area contributed by atoms with Gasteiger partial charge in [-0.1, -0.05) is 50.5 Å². The van der Waals surface area contributed by atoms with Crippen molar-refractivity contribution in [3.05, 3.63) is 89.0 Å². The molecule has 0 spiro atoms. The minimum Gasteiger partial charge on any atom is -0.432 e. The van der Waals surface area contributed by atoms with Gasteiger partial charge in [-0.3, -0.25) is 0 Å². The molecule has 228 valence electrons. The van der Waals surface area contributed by atoms with Gasteiger partial charge in [-0.05, 0) is 79.5 Å². The van der Waals surface area contributed by atoms with Crippen LogP contribution in [-0.2, 0) is 9.47 Å². The summed E-state index contributed by atoms with van der Waals surface area (Å²) in [6, 6.07) is 17.0. The Morgan fingerprint density at radius 3 is 2.23 bits per heavy atom. The molecule has 43 heavy (non-hydrogen) atoms. The molecule has 1 aliphatic heterocycles. The van der Waals surface area contributed by atoms with Crippen LogP contribution in [0.1, 0.15) is 87.2 Å². The minimum atomic E-state index is -3.50. The van der Waals surface area contributed by atoms with E-state index in [1.807, 2.05) is 6.07 Å². The lowest BCUT2D eigenvalue weighted by Crippen LogP contribution is -2.37. The Labute approximate surface area is 250 Å². The fourth-order valence-electron chi connectivity index (χ4n) is 6.11. The molecule has 0 radical (unpaired) electrons. The molecule has 1 heterocycles. The molecule has 0 aromatic heterocycles. The maximum Gasteiger partial charge on any atom is 0.400 e. The first kappa shape index (κ1) is 31.0. The Balaban J connectivity index is 1.14. The van der Waals surface area contributed by atoms with Gasteiger partial charge in [-0.2, -0.15) is 14.0 Å². The number of halogens is 4. The summed E-state index contributed by atoms with van der Waals surface area (Å²) in [4.78, 5) is 0. The molecule has 5 rings (SSSR count). The summed E-state index contributed by atoms with van der Waals surface area (Å²) in [5.41, 5.74) is 2.33. The lowest BCUT2D eigenvalue weighted by Gasteiger charge is -2.34. The number of unbranched alkanes of at least 4 members (excludes halogenated alkanes) is 2. The maximum atomic E-state index is 15.2. The van der Waals surface area contributed by atoms with Gasteiger partial charge in [-0.25, -0.2) is 8.78 Å². The second kappa shape index (κ2) is 13.9. The Morgan fingerprint density at radius 2 is 1.60 bits per heavy atom. The highest BCUT2D eigenvalue weighted by molar-refractivity contribution is 5.65. The Bertz CT molecular complexity index is 1410. The van der Waals surface area contributed by atoms with Crippen LogP contribution in [0.3, 0.4) is 0 Å². The molecule has 1 saturated heterocycles. The molecular formula is C35H37F4NO3. The molecule has 1 aliphatic carbocycles. The fourth-order valence-corrected chi connectivity index (χ4v) is 6.11. The van der Waals surface area contributed by atoms with E-state index >= 15 is 13.2 Å². The first-order valence-electron chi connectivity index (χ1n) is 15.2. The zero-order chi connectivity index (χ0) is 30.4. The van der Waals surface area contributed by atoms with Crippen LogP contribution in [0.25, 0.3) is 11.1 Å². The van der Waals surface area contributed by atoms with Crippen molar-refractivity contribution in [2.75, 3.05) is 13.2 Å². The fraction of sp³-hybridized carbons (Fsp3) is 0.457. The molecule has 1 saturated carbocycles. The highest BCUT2D eigenvalue weighted by atomic mass is 19.3. The largest absolute Gasteiger partial charge is 0.432 e. The highest BCUT2D eigenvalue weighted by Crippen LogP contribution is 2.44. The summed E-state index contributed by atoms with van der Waals surface area (Å²) in [5.74, 6) is -2.22. The normalized spacial score (nSPS) is 22.6. The number of rotatable bonds is 10. The van der Waals surface area contributed by atoms with Crippen LogP contribution in [0.15, 0.2) is 60.7 Å².